The van der Waals surface area contributed by atoms with Crippen LogP contribution in [0.3, 0.4) is 0 Å². The number of pyridine rings is 1. The van der Waals surface area contributed by atoms with Crippen LogP contribution in [0.15, 0.2) is 41.3 Å². The van der Waals surface area contributed by atoms with Gasteiger partial charge in [-0.2, -0.15) is 4.98 Å². The minimum Gasteiger partial charge on any atom is -0.295 e. The fraction of sp³-hybridized carbons (Fsp3) is 0.409. The first-order valence-electron chi connectivity index (χ1n) is 10.0. The Labute approximate surface area is 164 Å². The number of hydrogen-bond acceptors (Lipinski definition) is 5. The third-order valence-electron chi connectivity index (χ3n) is 6.26. The third kappa shape index (κ3) is 2.98. The summed E-state index contributed by atoms with van der Waals surface area (Å²) in [4.78, 5) is 22.1. The Hall–Kier alpha value is -2.73. The lowest BCUT2D eigenvalue weighted by molar-refractivity contribution is 0.369. The summed E-state index contributed by atoms with van der Waals surface area (Å²) in [5.41, 5.74) is 6.70. The highest BCUT2D eigenvalue weighted by molar-refractivity contribution is 5.81. The second-order valence-electron chi connectivity index (χ2n) is 8.23. The highest BCUT2D eigenvalue weighted by Gasteiger charge is 2.36. The van der Waals surface area contributed by atoms with Gasteiger partial charge < -0.3 is 0 Å². The normalized spacial score (nSPS) is 21.9. The van der Waals surface area contributed by atoms with Gasteiger partial charge in [-0.25, -0.2) is 9.99 Å². The summed E-state index contributed by atoms with van der Waals surface area (Å²) in [6, 6.07) is 9.91. The summed E-state index contributed by atoms with van der Waals surface area (Å²) in [7, 11) is 1.78. The Morgan fingerprint density at radius 2 is 1.93 bits per heavy atom. The van der Waals surface area contributed by atoms with Crippen molar-refractivity contribution in [1.29, 1.82) is 0 Å². The standard InChI is InChI=1S/C22H25N5O/c1-14-5-3-6-15(9-14)19-10-18-11-23-22(24-20(18)26(2)21(19)28)25-27-12-16-7-4-8-17(16)13-27/h3,5-6,9-11,16-17H,4,7-8,12-13H2,1-2H3,(H,23,24,25). The number of nitrogens with zero attached hydrogens (tertiary/aromatic N) is 4. The summed E-state index contributed by atoms with van der Waals surface area (Å²) in [6.45, 7) is 4.14. The summed E-state index contributed by atoms with van der Waals surface area (Å²) in [5.74, 6) is 2.16. The number of nitrogens with one attached hydrogen (secondary N) is 1. The highest BCUT2D eigenvalue weighted by Crippen LogP contribution is 2.37. The lowest BCUT2D eigenvalue weighted by Gasteiger charge is -2.18. The van der Waals surface area contributed by atoms with E-state index in [2.05, 4.69) is 20.4 Å². The van der Waals surface area contributed by atoms with Crippen LogP contribution in [0.5, 0.6) is 0 Å². The van der Waals surface area contributed by atoms with E-state index in [4.69, 9.17) is 0 Å². The molecule has 3 aromatic rings. The number of hydrogen-bond donors (Lipinski definition) is 1. The van der Waals surface area contributed by atoms with Gasteiger partial charge in [0.05, 0.1) is 0 Å². The molecule has 0 bridgehead atoms. The second-order valence-corrected chi connectivity index (χ2v) is 8.23. The zero-order chi connectivity index (χ0) is 19.3. The van der Waals surface area contributed by atoms with E-state index in [0.717, 1.165) is 41.4 Å². The van der Waals surface area contributed by atoms with Crippen molar-refractivity contribution >= 4 is 17.0 Å². The van der Waals surface area contributed by atoms with Gasteiger partial charge in [0.1, 0.15) is 5.65 Å². The lowest BCUT2D eigenvalue weighted by atomic mass is 10.0. The maximum atomic E-state index is 13.0. The maximum absolute atomic E-state index is 13.0. The van der Waals surface area contributed by atoms with Crippen molar-refractivity contribution in [3.05, 3.63) is 52.4 Å². The minimum atomic E-state index is -0.0431. The average molecular weight is 375 g/mol. The average Bonchev–Trinajstić information content (AvgIpc) is 3.26. The fourth-order valence-corrected chi connectivity index (χ4v) is 4.79. The molecule has 2 unspecified atom stereocenters. The predicted octanol–water partition coefficient (Wildman–Crippen LogP) is 3.36. The van der Waals surface area contributed by atoms with Gasteiger partial charge in [0.25, 0.3) is 5.56 Å². The number of aromatic nitrogens is 3. The number of anilines is 1. The highest BCUT2D eigenvalue weighted by atomic mass is 16.1. The number of benzene rings is 1. The van der Waals surface area contributed by atoms with Gasteiger partial charge in [-0.05, 0) is 43.2 Å². The third-order valence-corrected chi connectivity index (χ3v) is 6.26. The molecule has 2 aromatic heterocycles. The fourth-order valence-electron chi connectivity index (χ4n) is 4.79. The van der Waals surface area contributed by atoms with E-state index in [9.17, 15) is 4.79 Å². The zero-order valence-electron chi connectivity index (χ0n) is 16.4. The maximum Gasteiger partial charge on any atom is 0.259 e. The van der Waals surface area contributed by atoms with E-state index >= 15 is 0 Å². The largest absolute Gasteiger partial charge is 0.295 e. The predicted molar refractivity (Wildman–Crippen MR) is 111 cm³/mol. The van der Waals surface area contributed by atoms with Gasteiger partial charge in [-0.3, -0.25) is 14.8 Å². The molecule has 0 spiro atoms. The first-order valence-corrected chi connectivity index (χ1v) is 10.0. The summed E-state index contributed by atoms with van der Waals surface area (Å²) >= 11 is 0. The molecular formula is C22H25N5O. The van der Waals surface area contributed by atoms with Crippen molar-refractivity contribution < 1.29 is 0 Å². The van der Waals surface area contributed by atoms with Crippen LogP contribution in [-0.4, -0.2) is 32.6 Å². The van der Waals surface area contributed by atoms with E-state index in [0.29, 0.717) is 17.2 Å². The van der Waals surface area contributed by atoms with Crippen LogP contribution in [0.1, 0.15) is 24.8 Å². The number of rotatable bonds is 3. The van der Waals surface area contributed by atoms with Crippen molar-refractivity contribution in [2.75, 3.05) is 18.5 Å². The second kappa shape index (κ2) is 6.71. The molecule has 1 aliphatic carbocycles. The first kappa shape index (κ1) is 17.4. The van der Waals surface area contributed by atoms with Crippen LogP contribution in [0.25, 0.3) is 22.2 Å². The van der Waals surface area contributed by atoms with Gasteiger partial charge in [0.2, 0.25) is 5.95 Å². The van der Waals surface area contributed by atoms with E-state index in [1.54, 1.807) is 17.8 Å². The molecule has 1 N–H and O–H groups in total. The molecule has 6 heteroatoms. The van der Waals surface area contributed by atoms with Crippen molar-refractivity contribution in [2.45, 2.75) is 26.2 Å². The van der Waals surface area contributed by atoms with Crippen LogP contribution < -0.4 is 11.0 Å². The number of fused-ring (bicyclic) bond motifs is 2. The molecule has 2 atom stereocenters. The molecule has 0 radical (unpaired) electrons. The molecule has 5 rings (SSSR count). The molecule has 0 amide bonds. The first-order chi connectivity index (χ1) is 13.6. The molecule has 3 heterocycles. The molecule has 1 aliphatic heterocycles. The van der Waals surface area contributed by atoms with Crippen molar-refractivity contribution in [2.24, 2.45) is 18.9 Å². The topological polar surface area (TPSA) is 63.1 Å². The van der Waals surface area contributed by atoms with Crippen LogP contribution >= 0.6 is 0 Å². The van der Waals surface area contributed by atoms with Crippen LogP contribution in [0, 0.1) is 18.8 Å². The minimum absolute atomic E-state index is 0.0431. The monoisotopic (exact) mass is 375 g/mol. The smallest absolute Gasteiger partial charge is 0.259 e. The van der Waals surface area contributed by atoms with Crippen LogP contribution in [0.2, 0.25) is 0 Å². The van der Waals surface area contributed by atoms with E-state index in [1.807, 2.05) is 37.3 Å². The van der Waals surface area contributed by atoms with Crippen molar-refractivity contribution in [3.8, 4) is 11.1 Å². The van der Waals surface area contributed by atoms with Crippen molar-refractivity contribution in [1.82, 2.24) is 19.5 Å². The molecule has 1 aromatic carbocycles. The molecule has 28 heavy (non-hydrogen) atoms. The molecule has 144 valence electrons. The van der Waals surface area contributed by atoms with Gasteiger partial charge in [0, 0.05) is 37.3 Å². The Morgan fingerprint density at radius 3 is 2.68 bits per heavy atom. The van der Waals surface area contributed by atoms with Gasteiger partial charge in [-0.1, -0.05) is 36.2 Å². The summed E-state index contributed by atoms with van der Waals surface area (Å²) < 4.78 is 1.62. The van der Waals surface area contributed by atoms with E-state index < -0.39 is 0 Å². The molecular weight excluding hydrogens is 350 g/mol. The quantitative estimate of drug-likeness (QED) is 0.760. The zero-order valence-corrected chi connectivity index (χ0v) is 16.4. The van der Waals surface area contributed by atoms with Gasteiger partial charge >= 0.3 is 0 Å². The number of hydrazine groups is 1. The van der Waals surface area contributed by atoms with Gasteiger partial charge in [-0.15, -0.1) is 0 Å². The molecule has 1 saturated carbocycles. The summed E-state index contributed by atoms with van der Waals surface area (Å²) in [5, 5.41) is 3.09. The molecule has 2 aliphatic rings. The lowest BCUT2D eigenvalue weighted by Crippen LogP contribution is -2.29. The summed E-state index contributed by atoms with van der Waals surface area (Å²) in [6.07, 6.45) is 5.83. The molecule has 2 fully saturated rings. The Kier molecular flexibility index (Phi) is 4.16. The molecule has 6 nitrogen and oxygen atoms in total. The van der Waals surface area contributed by atoms with E-state index in [-0.39, 0.29) is 5.56 Å². The van der Waals surface area contributed by atoms with Gasteiger partial charge in [0.15, 0.2) is 0 Å². The van der Waals surface area contributed by atoms with Crippen LogP contribution in [-0.2, 0) is 7.05 Å². The Balaban J connectivity index is 1.48. The van der Waals surface area contributed by atoms with Crippen molar-refractivity contribution in [3.63, 3.8) is 0 Å². The van der Waals surface area contributed by atoms with Crippen LogP contribution in [0.4, 0.5) is 5.95 Å². The molecule has 1 saturated heterocycles. The van der Waals surface area contributed by atoms with E-state index in [1.165, 1.54) is 19.3 Å². The Bertz CT molecular complexity index is 1090. The Morgan fingerprint density at radius 1 is 1.14 bits per heavy atom. The number of aryl methyl sites for hydroxylation is 2. The SMILES string of the molecule is Cc1cccc(-c2cc3cnc(NN4CC5CCCC5C4)nc3n(C)c2=O)c1.